The van der Waals surface area contributed by atoms with Crippen LogP contribution in [-0.2, 0) is 4.79 Å². The van der Waals surface area contributed by atoms with E-state index in [-0.39, 0.29) is 5.91 Å². The van der Waals surface area contributed by atoms with Gasteiger partial charge in [-0.25, -0.2) is 0 Å². The molecule has 2 aliphatic carbocycles. The smallest absolute Gasteiger partial charge is 0.256 e. The summed E-state index contributed by atoms with van der Waals surface area (Å²) < 4.78 is 0. The summed E-state index contributed by atoms with van der Waals surface area (Å²) in [6, 6.07) is 8.39. The van der Waals surface area contributed by atoms with E-state index in [2.05, 4.69) is 10.6 Å². The molecule has 0 aliphatic heterocycles. The van der Waals surface area contributed by atoms with E-state index < -0.39 is 5.60 Å². The van der Waals surface area contributed by atoms with E-state index in [4.69, 9.17) is 0 Å². The zero-order chi connectivity index (χ0) is 15.4. The molecule has 1 aromatic carbocycles. The molecule has 4 nitrogen and oxygen atoms in total. The second-order valence-corrected chi connectivity index (χ2v) is 6.75. The highest BCUT2D eigenvalue weighted by molar-refractivity contribution is 5.97. The number of nitrogens with one attached hydrogen (secondary N) is 2. The minimum atomic E-state index is -1.17. The lowest BCUT2D eigenvalue weighted by atomic mass is 9.95. The Morgan fingerprint density at radius 3 is 2.18 bits per heavy atom. The van der Waals surface area contributed by atoms with E-state index in [1.54, 1.807) is 0 Å². The van der Waals surface area contributed by atoms with Crippen LogP contribution in [0.15, 0.2) is 24.3 Å². The number of aliphatic hydroxyl groups is 1. The van der Waals surface area contributed by atoms with Crippen LogP contribution in [0.3, 0.4) is 0 Å². The first-order valence-electron chi connectivity index (χ1n) is 8.56. The zero-order valence-corrected chi connectivity index (χ0v) is 13.1. The van der Waals surface area contributed by atoms with Crippen molar-refractivity contribution in [3.63, 3.8) is 0 Å². The molecular formula is C18H26N2O2. The van der Waals surface area contributed by atoms with Crippen molar-refractivity contribution in [1.29, 1.82) is 0 Å². The summed E-state index contributed by atoms with van der Waals surface area (Å²) in [7, 11) is 0. The van der Waals surface area contributed by atoms with Gasteiger partial charge in [0.05, 0.1) is 0 Å². The molecule has 22 heavy (non-hydrogen) atoms. The van der Waals surface area contributed by atoms with E-state index >= 15 is 0 Å². The van der Waals surface area contributed by atoms with Gasteiger partial charge < -0.3 is 15.7 Å². The molecule has 3 N–H and O–H groups in total. The third-order valence-corrected chi connectivity index (χ3v) is 4.97. The Hall–Kier alpha value is -1.55. The van der Waals surface area contributed by atoms with Crippen molar-refractivity contribution in [1.82, 2.24) is 0 Å². The number of hydrogen-bond donors (Lipinski definition) is 3. The van der Waals surface area contributed by atoms with Gasteiger partial charge in [0.1, 0.15) is 5.60 Å². The molecule has 120 valence electrons. The van der Waals surface area contributed by atoms with Gasteiger partial charge in [-0.3, -0.25) is 4.79 Å². The molecular weight excluding hydrogens is 276 g/mol. The molecule has 2 saturated carbocycles. The first-order valence-corrected chi connectivity index (χ1v) is 8.56. The van der Waals surface area contributed by atoms with Gasteiger partial charge in [0.25, 0.3) is 5.91 Å². The van der Waals surface area contributed by atoms with Crippen LogP contribution in [0, 0.1) is 0 Å². The largest absolute Gasteiger partial charge is 0.382 e. The highest BCUT2D eigenvalue weighted by Crippen LogP contribution is 2.30. The molecule has 4 heteroatoms. The molecule has 2 aliphatic rings. The average Bonchev–Trinajstić information content (AvgIpc) is 2.98. The molecule has 3 rings (SSSR count). The van der Waals surface area contributed by atoms with Crippen LogP contribution < -0.4 is 10.6 Å². The van der Waals surface area contributed by atoms with Gasteiger partial charge in [0, 0.05) is 17.4 Å². The van der Waals surface area contributed by atoms with Crippen LogP contribution in [0.25, 0.3) is 0 Å². The predicted octanol–water partition coefficient (Wildman–Crippen LogP) is 3.67. The van der Waals surface area contributed by atoms with Crippen molar-refractivity contribution in [2.75, 3.05) is 10.6 Å². The highest BCUT2D eigenvalue weighted by Gasteiger charge is 2.38. The normalized spacial score (nSPS) is 21.5. The fourth-order valence-electron chi connectivity index (χ4n) is 3.57. The zero-order valence-electron chi connectivity index (χ0n) is 13.1. The Bertz CT molecular complexity index is 500. The van der Waals surface area contributed by atoms with Gasteiger partial charge in [-0.05, 0) is 62.8 Å². The van der Waals surface area contributed by atoms with E-state index in [0.29, 0.717) is 18.9 Å². The quantitative estimate of drug-likeness (QED) is 0.795. The van der Waals surface area contributed by atoms with Crippen LogP contribution in [0.1, 0.15) is 57.8 Å². The van der Waals surface area contributed by atoms with E-state index in [0.717, 1.165) is 24.2 Å². The molecule has 0 bridgehead atoms. The molecule has 2 fully saturated rings. The SMILES string of the molecule is O=C(Nc1ccc(NC2CCCCC2)cc1)C1(O)CCCC1. The predicted molar refractivity (Wildman–Crippen MR) is 89.0 cm³/mol. The summed E-state index contributed by atoms with van der Waals surface area (Å²) in [6.07, 6.45) is 9.44. The Balaban J connectivity index is 1.55. The van der Waals surface area contributed by atoms with Crippen LogP contribution >= 0.6 is 0 Å². The van der Waals surface area contributed by atoms with Crippen molar-refractivity contribution in [3.8, 4) is 0 Å². The monoisotopic (exact) mass is 302 g/mol. The third-order valence-electron chi connectivity index (χ3n) is 4.97. The van der Waals surface area contributed by atoms with Crippen LogP contribution in [0.5, 0.6) is 0 Å². The Morgan fingerprint density at radius 1 is 0.955 bits per heavy atom. The number of carbonyl (C=O) groups is 1. The number of benzene rings is 1. The minimum absolute atomic E-state index is 0.266. The fraction of sp³-hybridized carbons (Fsp3) is 0.611. The molecule has 0 atom stereocenters. The summed E-state index contributed by atoms with van der Waals surface area (Å²) in [4.78, 5) is 12.2. The molecule has 0 aromatic heterocycles. The number of hydrogen-bond acceptors (Lipinski definition) is 3. The molecule has 0 unspecified atom stereocenters. The lowest BCUT2D eigenvalue weighted by Crippen LogP contribution is -2.40. The van der Waals surface area contributed by atoms with Crippen LogP contribution in [0.4, 0.5) is 11.4 Å². The first kappa shape index (κ1) is 15.3. The lowest BCUT2D eigenvalue weighted by Gasteiger charge is -2.24. The van der Waals surface area contributed by atoms with Crippen molar-refractivity contribution < 1.29 is 9.90 Å². The van der Waals surface area contributed by atoms with Crippen LogP contribution in [-0.4, -0.2) is 22.7 Å². The van der Waals surface area contributed by atoms with E-state index in [9.17, 15) is 9.90 Å². The number of anilines is 2. The van der Waals surface area contributed by atoms with Crippen molar-refractivity contribution >= 4 is 17.3 Å². The number of amides is 1. The van der Waals surface area contributed by atoms with Gasteiger partial charge >= 0.3 is 0 Å². The van der Waals surface area contributed by atoms with Gasteiger partial charge in [0.15, 0.2) is 0 Å². The summed E-state index contributed by atoms with van der Waals surface area (Å²) in [5, 5.41) is 16.7. The maximum atomic E-state index is 12.2. The molecule has 1 amide bonds. The Labute approximate surface area is 132 Å². The average molecular weight is 302 g/mol. The molecule has 0 saturated heterocycles. The lowest BCUT2D eigenvalue weighted by molar-refractivity contribution is -0.133. The number of rotatable bonds is 4. The van der Waals surface area contributed by atoms with Gasteiger partial charge in [-0.2, -0.15) is 0 Å². The standard InChI is InChI=1S/C18H26N2O2/c21-17(18(22)12-4-5-13-18)20-16-10-8-15(9-11-16)19-14-6-2-1-3-7-14/h8-11,14,19,22H,1-7,12-13H2,(H,20,21). The minimum Gasteiger partial charge on any atom is -0.382 e. The second-order valence-electron chi connectivity index (χ2n) is 6.75. The first-order chi connectivity index (χ1) is 10.7. The van der Waals surface area contributed by atoms with Crippen molar-refractivity contribution in [3.05, 3.63) is 24.3 Å². The van der Waals surface area contributed by atoms with Gasteiger partial charge in [0.2, 0.25) is 0 Å². The van der Waals surface area contributed by atoms with Gasteiger partial charge in [-0.1, -0.05) is 19.3 Å². The molecule has 0 spiro atoms. The summed E-state index contributed by atoms with van der Waals surface area (Å²) in [5.74, 6) is -0.266. The molecule has 0 radical (unpaired) electrons. The third kappa shape index (κ3) is 3.61. The van der Waals surface area contributed by atoms with Crippen molar-refractivity contribution in [2.24, 2.45) is 0 Å². The summed E-state index contributed by atoms with van der Waals surface area (Å²) in [6.45, 7) is 0. The van der Waals surface area contributed by atoms with E-state index in [1.807, 2.05) is 24.3 Å². The maximum absolute atomic E-state index is 12.2. The Morgan fingerprint density at radius 2 is 1.55 bits per heavy atom. The Kier molecular flexibility index (Phi) is 4.67. The highest BCUT2D eigenvalue weighted by atomic mass is 16.3. The maximum Gasteiger partial charge on any atom is 0.256 e. The topological polar surface area (TPSA) is 61.4 Å². The molecule has 1 aromatic rings. The van der Waals surface area contributed by atoms with Crippen molar-refractivity contribution in [2.45, 2.75) is 69.4 Å². The molecule has 0 heterocycles. The summed E-state index contributed by atoms with van der Waals surface area (Å²) >= 11 is 0. The van der Waals surface area contributed by atoms with E-state index in [1.165, 1.54) is 32.1 Å². The van der Waals surface area contributed by atoms with Crippen LogP contribution in [0.2, 0.25) is 0 Å². The van der Waals surface area contributed by atoms with Gasteiger partial charge in [-0.15, -0.1) is 0 Å². The number of carbonyl (C=O) groups excluding carboxylic acids is 1. The fourth-order valence-corrected chi connectivity index (χ4v) is 3.57. The summed E-state index contributed by atoms with van der Waals surface area (Å²) in [5.41, 5.74) is 0.683. The second kappa shape index (κ2) is 6.69.